The van der Waals surface area contributed by atoms with Gasteiger partial charge in [0, 0.05) is 12.8 Å². The van der Waals surface area contributed by atoms with Gasteiger partial charge in [0.2, 0.25) is 5.95 Å². The van der Waals surface area contributed by atoms with E-state index in [2.05, 4.69) is 47.7 Å². The van der Waals surface area contributed by atoms with Gasteiger partial charge in [0.25, 0.3) is 0 Å². The van der Waals surface area contributed by atoms with Crippen LogP contribution in [0.5, 0.6) is 0 Å². The zero-order valence-corrected chi connectivity index (χ0v) is 18.3. The molecule has 1 saturated heterocycles. The van der Waals surface area contributed by atoms with Crippen LogP contribution in [0.4, 0.5) is 10.3 Å². The highest BCUT2D eigenvalue weighted by Gasteiger charge is 2.22. The fourth-order valence-electron chi connectivity index (χ4n) is 3.20. The highest BCUT2D eigenvalue weighted by Crippen LogP contribution is 2.30. The number of nitrogen functional groups attached to an aromatic ring is 1. The van der Waals surface area contributed by atoms with E-state index in [1.165, 1.54) is 10.7 Å². The summed E-state index contributed by atoms with van der Waals surface area (Å²) in [5.74, 6) is 5.12. The third-order valence-electron chi connectivity index (χ3n) is 4.90. The highest BCUT2D eigenvalue weighted by atomic mass is 19.1. The lowest BCUT2D eigenvalue weighted by Crippen LogP contribution is -2.21. The number of anilines is 1. The Balaban J connectivity index is 0.000000330. The molecule has 0 saturated carbocycles. The van der Waals surface area contributed by atoms with Crippen molar-refractivity contribution >= 4 is 11.5 Å². The van der Waals surface area contributed by atoms with Crippen LogP contribution in [0.2, 0.25) is 0 Å². The minimum absolute atomic E-state index is 0.0172. The van der Waals surface area contributed by atoms with Crippen molar-refractivity contribution in [1.29, 1.82) is 0 Å². The minimum atomic E-state index is -0.471. The summed E-state index contributed by atoms with van der Waals surface area (Å²) in [6.45, 7) is 9.35. The maximum Gasteiger partial charge on any atom is 0.238 e. The SMILES string of the molecule is CC#Cc1c(F)c2cnc(N)nn2c1-c1ccc(C(C)(C)C)cn1.OC1CCCOC1. The van der Waals surface area contributed by atoms with Crippen molar-refractivity contribution < 1.29 is 14.2 Å². The van der Waals surface area contributed by atoms with Gasteiger partial charge in [-0.25, -0.2) is 13.9 Å². The van der Waals surface area contributed by atoms with Crippen LogP contribution in [0.1, 0.15) is 51.7 Å². The molecule has 7 nitrogen and oxygen atoms in total. The molecule has 0 bridgehead atoms. The van der Waals surface area contributed by atoms with E-state index >= 15 is 0 Å². The molecule has 164 valence electrons. The first-order valence-electron chi connectivity index (χ1n) is 10.2. The highest BCUT2D eigenvalue weighted by molar-refractivity contribution is 5.73. The molecule has 1 fully saturated rings. The van der Waals surface area contributed by atoms with Crippen LogP contribution < -0.4 is 5.73 Å². The van der Waals surface area contributed by atoms with Crippen LogP contribution in [-0.2, 0) is 10.2 Å². The van der Waals surface area contributed by atoms with Gasteiger partial charge in [-0.05, 0) is 36.8 Å². The van der Waals surface area contributed by atoms with Crippen molar-refractivity contribution in [1.82, 2.24) is 19.6 Å². The molecule has 0 aliphatic carbocycles. The molecule has 1 aliphatic rings. The summed E-state index contributed by atoms with van der Waals surface area (Å²) in [5.41, 5.74) is 8.26. The van der Waals surface area contributed by atoms with Crippen molar-refractivity contribution in [2.75, 3.05) is 18.9 Å². The molecule has 3 aromatic rings. The van der Waals surface area contributed by atoms with E-state index in [-0.39, 0.29) is 28.5 Å². The Bertz CT molecular complexity index is 1100. The first-order chi connectivity index (χ1) is 14.7. The number of nitrogens with zero attached hydrogens (tertiary/aromatic N) is 4. The third kappa shape index (κ3) is 5.19. The van der Waals surface area contributed by atoms with Crippen LogP contribution in [0.25, 0.3) is 16.9 Å². The van der Waals surface area contributed by atoms with E-state index in [1.807, 2.05) is 12.1 Å². The Morgan fingerprint density at radius 3 is 2.55 bits per heavy atom. The summed E-state index contributed by atoms with van der Waals surface area (Å²) in [6.07, 6.45) is 4.89. The van der Waals surface area contributed by atoms with Crippen molar-refractivity contribution in [3.63, 3.8) is 0 Å². The normalized spacial score (nSPS) is 16.3. The molecule has 1 atom stereocenters. The molecule has 8 heteroatoms. The summed E-state index contributed by atoms with van der Waals surface area (Å²) < 4.78 is 21.0. The largest absolute Gasteiger partial charge is 0.391 e. The van der Waals surface area contributed by atoms with Gasteiger partial charge < -0.3 is 15.6 Å². The summed E-state index contributed by atoms with van der Waals surface area (Å²) in [4.78, 5) is 8.35. The standard InChI is InChI=1S/C18H18FN5.C5H10O2/c1-5-6-12-15(19)14-10-22-17(20)23-24(14)16(12)13-8-7-11(9-21-13)18(2,3)4;6-5-2-1-3-7-4-5/h7-10H,1-4H3,(H2,20,23);5-6H,1-4H2. The maximum atomic E-state index is 14.7. The fraction of sp³-hybridized carbons (Fsp3) is 0.435. The van der Waals surface area contributed by atoms with E-state index in [0.717, 1.165) is 25.0 Å². The Labute approximate surface area is 181 Å². The van der Waals surface area contributed by atoms with Gasteiger partial charge in [0.05, 0.1) is 30.2 Å². The molecule has 3 aromatic heterocycles. The fourth-order valence-corrected chi connectivity index (χ4v) is 3.20. The maximum absolute atomic E-state index is 14.7. The number of aliphatic hydroxyl groups excluding tert-OH is 1. The Morgan fingerprint density at radius 1 is 1.26 bits per heavy atom. The number of nitrogens with two attached hydrogens (primary N) is 1. The van der Waals surface area contributed by atoms with Gasteiger partial charge in [0.1, 0.15) is 11.2 Å². The van der Waals surface area contributed by atoms with Crippen molar-refractivity contribution in [2.24, 2.45) is 0 Å². The summed E-state index contributed by atoms with van der Waals surface area (Å²) in [5, 5.41) is 12.9. The van der Waals surface area contributed by atoms with E-state index in [0.29, 0.717) is 18.0 Å². The number of hydrogen-bond acceptors (Lipinski definition) is 6. The van der Waals surface area contributed by atoms with Crippen LogP contribution in [0.15, 0.2) is 24.5 Å². The quantitative estimate of drug-likeness (QED) is 0.580. The molecule has 3 N–H and O–H groups in total. The molecular weight excluding hydrogens is 397 g/mol. The average molecular weight is 426 g/mol. The first-order valence-corrected chi connectivity index (χ1v) is 10.2. The number of hydrogen-bond donors (Lipinski definition) is 2. The monoisotopic (exact) mass is 425 g/mol. The van der Waals surface area contributed by atoms with Crippen LogP contribution >= 0.6 is 0 Å². The molecule has 4 heterocycles. The van der Waals surface area contributed by atoms with Gasteiger partial charge in [-0.1, -0.05) is 32.8 Å². The topological polar surface area (TPSA) is 98.6 Å². The molecule has 31 heavy (non-hydrogen) atoms. The second-order valence-electron chi connectivity index (χ2n) is 8.38. The second kappa shape index (κ2) is 9.41. The summed E-state index contributed by atoms with van der Waals surface area (Å²) in [6, 6.07) is 3.83. The predicted molar refractivity (Wildman–Crippen MR) is 118 cm³/mol. The lowest BCUT2D eigenvalue weighted by atomic mass is 9.88. The molecule has 1 aliphatic heterocycles. The molecule has 1 unspecified atom stereocenters. The van der Waals surface area contributed by atoms with Crippen molar-refractivity contribution in [3.05, 3.63) is 41.5 Å². The van der Waals surface area contributed by atoms with Gasteiger partial charge in [-0.15, -0.1) is 11.0 Å². The number of pyridine rings is 1. The number of rotatable bonds is 1. The van der Waals surface area contributed by atoms with E-state index in [4.69, 9.17) is 15.6 Å². The van der Waals surface area contributed by atoms with Gasteiger partial charge in [-0.2, -0.15) is 0 Å². The lowest BCUT2D eigenvalue weighted by molar-refractivity contribution is -0.00535. The Morgan fingerprint density at radius 2 is 2.03 bits per heavy atom. The molecular formula is C23H28FN5O2. The zero-order chi connectivity index (χ0) is 22.6. The average Bonchev–Trinajstić information content (AvgIpc) is 3.00. The zero-order valence-electron chi connectivity index (χ0n) is 18.3. The Kier molecular flexibility index (Phi) is 6.88. The van der Waals surface area contributed by atoms with E-state index in [9.17, 15) is 4.39 Å². The molecule has 0 radical (unpaired) electrons. The van der Waals surface area contributed by atoms with Gasteiger partial charge >= 0.3 is 0 Å². The summed E-state index contributed by atoms with van der Waals surface area (Å²) in [7, 11) is 0. The van der Waals surface area contributed by atoms with E-state index < -0.39 is 5.82 Å². The summed E-state index contributed by atoms with van der Waals surface area (Å²) >= 11 is 0. The van der Waals surface area contributed by atoms with Crippen LogP contribution in [0.3, 0.4) is 0 Å². The number of aromatic nitrogens is 4. The van der Waals surface area contributed by atoms with Crippen molar-refractivity contribution in [3.8, 4) is 23.2 Å². The molecule has 0 aromatic carbocycles. The van der Waals surface area contributed by atoms with E-state index in [1.54, 1.807) is 13.1 Å². The number of fused-ring (bicyclic) bond motifs is 1. The third-order valence-corrected chi connectivity index (χ3v) is 4.90. The lowest BCUT2D eigenvalue weighted by Gasteiger charge is -2.18. The van der Waals surface area contributed by atoms with Crippen molar-refractivity contribution in [2.45, 2.75) is 52.1 Å². The van der Waals surface area contributed by atoms with Crippen LogP contribution in [-0.4, -0.2) is 44.0 Å². The Hall–Kier alpha value is -3.02. The number of halogens is 1. The molecule has 0 amide bonds. The number of aliphatic hydroxyl groups is 1. The van der Waals surface area contributed by atoms with Crippen LogP contribution in [0, 0.1) is 17.7 Å². The smallest absolute Gasteiger partial charge is 0.238 e. The second-order valence-corrected chi connectivity index (χ2v) is 8.38. The first kappa shape index (κ1) is 22.7. The number of ether oxygens (including phenoxy) is 1. The molecule has 4 rings (SSSR count). The van der Waals surface area contributed by atoms with Gasteiger partial charge in [0.15, 0.2) is 5.82 Å². The van der Waals surface area contributed by atoms with Gasteiger partial charge in [-0.3, -0.25) is 4.98 Å². The minimum Gasteiger partial charge on any atom is -0.391 e. The molecule has 0 spiro atoms. The predicted octanol–water partition coefficient (Wildman–Crippen LogP) is 3.34.